The topological polar surface area (TPSA) is 55.8 Å². The molecule has 0 N–H and O–H groups in total. The number of piperidine rings is 1. The van der Waals surface area contributed by atoms with Gasteiger partial charge in [-0.1, -0.05) is 6.07 Å². The van der Waals surface area contributed by atoms with Crippen LogP contribution in [0.5, 0.6) is 0 Å². The van der Waals surface area contributed by atoms with E-state index in [1.807, 2.05) is 6.07 Å². The molecule has 0 saturated carbocycles. The van der Waals surface area contributed by atoms with Crippen molar-refractivity contribution in [3.63, 3.8) is 0 Å². The SMILES string of the molecule is CCOC(=O)c1cccc(N2CCCCC2)c1C(=O)OCC. The number of esters is 2. The molecule has 0 radical (unpaired) electrons. The fraction of sp³-hybridized carbons (Fsp3) is 0.529. The quantitative estimate of drug-likeness (QED) is 0.783. The lowest BCUT2D eigenvalue weighted by Crippen LogP contribution is -2.31. The lowest BCUT2D eigenvalue weighted by Gasteiger charge is -2.30. The van der Waals surface area contributed by atoms with Crippen LogP contribution in [0.4, 0.5) is 5.69 Å². The van der Waals surface area contributed by atoms with Crippen molar-refractivity contribution in [3.05, 3.63) is 29.3 Å². The van der Waals surface area contributed by atoms with Gasteiger partial charge in [0.15, 0.2) is 0 Å². The van der Waals surface area contributed by atoms with Gasteiger partial charge in [0.25, 0.3) is 0 Å². The lowest BCUT2D eigenvalue weighted by atomic mass is 10.0. The molecule has 1 aliphatic rings. The number of nitrogens with zero attached hydrogens (tertiary/aromatic N) is 1. The predicted molar refractivity (Wildman–Crippen MR) is 84.4 cm³/mol. The van der Waals surface area contributed by atoms with E-state index in [0.29, 0.717) is 5.56 Å². The zero-order chi connectivity index (χ0) is 15.9. The van der Waals surface area contributed by atoms with E-state index in [1.54, 1.807) is 26.0 Å². The highest BCUT2D eigenvalue weighted by atomic mass is 16.5. The second-order valence-electron chi connectivity index (χ2n) is 5.19. The number of rotatable bonds is 5. The van der Waals surface area contributed by atoms with E-state index < -0.39 is 11.9 Å². The molecule has 1 heterocycles. The zero-order valence-corrected chi connectivity index (χ0v) is 13.3. The van der Waals surface area contributed by atoms with Gasteiger partial charge in [0.05, 0.1) is 30.0 Å². The Hall–Kier alpha value is -2.04. The Bertz CT molecular complexity index is 535. The lowest BCUT2D eigenvalue weighted by molar-refractivity contribution is 0.0479. The molecule has 5 nitrogen and oxygen atoms in total. The molecule has 0 aliphatic carbocycles. The van der Waals surface area contributed by atoms with E-state index in [0.717, 1.165) is 31.6 Å². The average Bonchev–Trinajstić information content (AvgIpc) is 2.55. The normalized spacial score (nSPS) is 14.5. The highest BCUT2D eigenvalue weighted by Crippen LogP contribution is 2.28. The molecule has 0 unspecified atom stereocenters. The number of hydrogen-bond acceptors (Lipinski definition) is 5. The second kappa shape index (κ2) is 7.82. The summed E-state index contributed by atoms with van der Waals surface area (Å²) in [6.45, 7) is 5.82. The van der Waals surface area contributed by atoms with Gasteiger partial charge < -0.3 is 14.4 Å². The summed E-state index contributed by atoms with van der Waals surface area (Å²) in [4.78, 5) is 26.7. The summed E-state index contributed by atoms with van der Waals surface area (Å²) >= 11 is 0. The van der Waals surface area contributed by atoms with Crippen LogP contribution in [0, 0.1) is 0 Å². The van der Waals surface area contributed by atoms with Crippen molar-refractivity contribution in [2.45, 2.75) is 33.1 Å². The van der Waals surface area contributed by atoms with Gasteiger partial charge in [-0.05, 0) is 45.2 Å². The van der Waals surface area contributed by atoms with Crippen LogP contribution in [-0.4, -0.2) is 38.2 Å². The van der Waals surface area contributed by atoms with Crippen molar-refractivity contribution >= 4 is 17.6 Å². The highest BCUT2D eigenvalue weighted by Gasteiger charge is 2.26. The van der Waals surface area contributed by atoms with Crippen molar-refractivity contribution in [2.24, 2.45) is 0 Å². The molecule has 0 amide bonds. The van der Waals surface area contributed by atoms with Gasteiger partial charge in [0, 0.05) is 13.1 Å². The number of benzene rings is 1. The third-order valence-electron chi connectivity index (χ3n) is 3.71. The van der Waals surface area contributed by atoms with Crippen LogP contribution in [0.2, 0.25) is 0 Å². The van der Waals surface area contributed by atoms with E-state index in [9.17, 15) is 9.59 Å². The van der Waals surface area contributed by atoms with E-state index in [2.05, 4.69) is 4.90 Å². The Morgan fingerprint density at radius 2 is 1.64 bits per heavy atom. The fourth-order valence-electron chi connectivity index (χ4n) is 2.74. The minimum atomic E-state index is -0.482. The Kier molecular flexibility index (Phi) is 5.81. The monoisotopic (exact) mass is 305 g/mol. The molecule has 1 aromatic carbocycles. The van der Waals surface area contributed by atoms with Crippen LogP contribution >= 0.6 is 0 Å². The number of hydrogen-bond donors (Lipinski definition) is 0. The van der Waals surface area contributed by atoms with Crippen LogP contribution in [0.3, 0.4) is 0 Å². The second-order valence-corrected chi connectivity index (χ2v) is 5.19. The Morgan fingerprint density at radius 3 is 2.27 bits per heavy atom. The van der Waals surface area contributed by atoms with Crippen LogP contribution in [0.1, 0.15) is 53.8 Å². The van der Waals surface area contributed by atoms with Crippen LogP contribution < -0.4 is 4.90 Å². The van der Waals surface area contributed by atoms with Gasteiger partial charge in [-0.3, -0.25) is 0 Å². The molecule has 1 saturated heterocycles. The summed E-state index contributed by atoms with van der Waals surface area (Å²) in [7, 11) is 0. The van der Waals surface area contributed by atoms with Gasteiger partial charge in [0.2, 0.25) is 0 Å². The van der Waals surface area contributed by atoms with Gasteiger partial charge in [-0.25, -0.2) is 9.59 Å². The highest BCUT2D eigenvalue weighted by molar-refractivity contribution is 6.07. The van der Waals surface area contributed by atoms with Crippen molar-refractivity contribution in [3.8, 4) is 0 Å². The summed E-state index contributed by atoms with van der Waals surface area (Å²) in [5.74, 6) is -0.948. The summed E-state index contributed by atoms with van der Waals surface area (Å²) < 4.78 is 10.2. The average molecular weight is 305 g/mol. The number of anilines is 1. The number of ether oxygens (including phenoxy) is 2. The molecule has 1 fully saturated rings. The first-order valence-corrected chi connectivity index (χ1v) is 7.91. The molecular formula is C17H23NO4. The number of carbonyl (C=O) groups excluding carboxylic acids is 2. The Morgan fingerprint density at radius 1 is 1.00 bits per heavy atom. The molecule has 1 aromatic rings. The number of carbonyl (C=O) groups is 2. The maximum absolute atomic E-state index is 12.4. The molecule has 0 atom stereocenters. The first-order chi connectivity index (χ1) is 10.7. The molecule has 0 aromatic heterocycles. The van der Waals surface area contributed by atoms with Gasteiger partial charge in [-0.2, -0.15) is 0 Å². The zero-order valence-electron chi connectivity index (χ0n) is 13.3. The van der Waals surface area contributed by atoms with Crippen LogP contribution in [0.15, 0.2) is 18.2 Å². The summed E-state index contributed by atoms with van der Waals surface area (Å²) in [5.41, 5.74) is 1.37. The van der Waals surface area contributed by atoms with Crippen LogP contribution in [0.25, 0.3) is 0 Å². The first kappa shape index (κ1) is 16.3. The standard InChI is InChI=1S/C17H23NO4/c1-3-21-16(19)13-9-8-10-14(15(13)17(20)22-4-2)18-11-6-5-7-12-18/h8-10H,3-7,11-12H2,1-2H3. The smallest absolute Gasteiger partial charge is 0.341 e. The van der Waals surface area contributed by atoms with Crippen molar-refractivity contribution < 1.29 is 19.1 Å². The fourth-order valence-corrected chi connectivity index (χ4v) is 2.74. The molecule has 120 valence electrons. The summed E-state index contributed by atoms with van der Waals surface area (Å²) in [6, 6.07) is 5.29. The van der Waals surface area contributed by atoms with E-state index >= 15 is 0 Å². The molecular weight excluding hydrogens is 282 g/mol. The predicted octanol–water partition coefficient (Wildman–Crippen LogP) is 3.03. The summed E-state index contributed by atoms with van der Waals surface area (Å²) in [5, 5.41) is 0. The van der Waals surface area contributed by atoms with Gasteiger partial charge in [0.1, 0.15) is 0 Å². The Labute approximate surface area is 131 Å². The maximum Gasteiger partial charge on any atom is 0.341 e. The Balaban J connectivity index is 2.44. The minimum Gasteiger partial charge on any atom is -0.462 e. The minimum absolute atomic E-state index is 0.273. The third-order valence-corrected chi connectivity index (χ3v) is 3.71. The van der Waals surface area contributed by atoms with Crippen molar-refractivity contribution in [2.75, 3.05) is 31.2 Å². The van der Waals surface area contributed by atoms with Crippen LogP contribution in [-0.2, 0) is 9.47 Å². The van der Waals surface area contributed by atoms with E-state index in [4.69, 9.17) is 9.47 Å². The largest absolute Gasteiger partial charge is 0.462 e. The maximum atomic E-state index is 12.4. The first-order valence-electron chi connectivity index (χ1n) is 7.91. The molecule has 0 spiro atoms. The molecule has 0 bridgehead atoms. The molecule has 5 heteroatoms. The van der Waals surface area contributed by atoms with E-state index in [-0.39, 0.29) is 18.8 Å². The summed E-state index contributed by atoms with van der Waals surface area (Å²) in [6.07, 6.45) is 3.38. The van der Waals surface area contributed by atoms with Gasteiger partial charge >= 0.3 is 11.9 Å². The van der Waals surface area contributed by atoms with Gasteiger partial charge in [-0.15, -0.1) is 0 Å². The third kappa shape index (κ3) is 3.59. The van der Waals surface area contributed by atoms with E-state index in [1.165, 1.54) is 6.42 Å². The molecule has 1 aliphatic heterocycles. The molecule has 2 rings (SSSR count). The van der Waals surface area contributed by atoms with Crippen molar-refractivity contribution in [1.29, 1.82) is 0 Å². The van der Waals surface area contributed by atoms with Crippen molar-refractivity contribution in [1.82, 2.24) is 0 Å². The molecule has 22 heavy (non-hydrogen) atoms.